The molecule has 0 fully saturated rings. The van der Waals surface area contributed by atoms with Crippen molar-refractivity contribution in [2.75, 3.05) is 0 Å². The van der Waals surface area contributed by atoms with Crippen molar-refractivity contribution in [1.29, 1.82) is 5.26 Å². The van der Waals surface area contributed by atoms with Crippen LogP contribution in [0.2, 0.25) is 0 Å². The largest absolute Gasteiger partial charge is 0.325 e. The molecule has 15 heavy (non-hydrogen) atoms. The zero-order valence-corrected chi connectivity index (χ0v) is 7.58. The number of nitriles is 1. The zero-order valence-electron chi connectivity index (χ0n) is 7.58. The van der Waals surface area contributed by atoms with Gasteiger partial charge in [-0.05, 0) is 6.07 Å². The fraction of sp³-hybridized carbons (Fsp3) is 0.222. The van der Waals surface area contributed by atoms with Gasteiger partial charge in [-0.15, -0.1) is 0 Å². The van der Waals surface area contributed by atoms with Crippen molar-refractivity contribution in [2.45, 2.75) is 13.0 Å². The van der Waals surface area contributed by atoms with Gasteiger partial charge in [-0.2, -0.15) is 5.26 Å². The maximum atomic E-state index is 12.5. The van der Waals surface area contributed by atoms with Crippen molar-refractivity contribution in [3.8, 4) is 6.07 Å². The third-order valence-corrected chi connectivity index (χ3v) is 1.81. The summed E-state index contributed by atoms with van der Waals surface area (Å²) in [5.74, 6) is 0. The van der Waals surface area contributed by atoms with Crippen LogP contribution in [0.1, 0.15) is 33.7 Å². The van der Waals surface area contributed by atoms with E-state index in [9.17, 15) is 13.6 Å². The number of alkyl halides is 2. The highest BCUT2D eigenvalue weighted by atomic mass is 19.3. The number of rotatable bonds is 3. The minimum Gasteiger partial charge on any atom is -0.325 e. The molecule has 4 nitrogen and oxygen atoms in total. The first kappa shape index (κ1) is 11.2. The molecule has 78 valence electrons. The third kappa shape index (κ3) is 2.14. The molecule has 1 rings (SSSR count). The van der Waals surface area contributed by atoms with Gasteiger partial charge in [0.2, 0.25) is 0 Å². The standard InChI is InChI=1S/C9H7F2N3O/c10-9(11)6-1-5(2-12)14-8(3-13)7(6)4-15/h1,4,9H,2,12H2. The molecule has 1 aromatic rings. The average molecular weight is 211 g/mol. The summed E-state index contributed by atoms with van der Waals surface area (Å²) in [4.78, 5) is 14.2. The Bertz CT molecular complexity index is 426. The van der Waals surface area contributed by atoms with E-state index in [1.807, 2.05) is 0 Å². The number of aromatic nitrogens is 1. The molecule has 0 atom stereocenters. The van der Waals surface area contributed by atoms with Gasteiger partial charge >= 0.3 is 0 Å². The molecule has 0 aliphatic rings. The summed E-state index contributed by atoms with van der Waals surface area (Å²) in [7, 11) is 0. The van der Waals surface area contributed by atoms with E-state index in [0.717, 1.165) is 6.07 Å². The molecule has 0 unspecified atom stereocenters. The quantitative estimate of drug-likeness (QED) is 0.761. The van der Waals surface area contributed by atoms with Crippen LogP contribution >= 0.6 is 0 Å². The van der Waals surface area contributed by atoms with E-state index in [0.29, 0.717) is 0 Å². The topological polar surface area (TPSA) is 79.8 Å². The van der Waals surface area contributed by atoms with Crippen LogP contribution in [0.15, 0.2) is 6.07 Å². The zero-order chi connectivity index (χ0) is 11.4. The number of hydrogen-bond acceptors (Lipinski definition) is 4. The van der Waals surface area contributed by atoms with Crippen molar-refractivity contribution >= 4 is 6.29 Å². The summed E-state index contributed by atoms with van der Waals surface area (Å²) in [6.07, 6.45) is -2.63. The Morgan fingerprint density at radius 2 is 2.33 bits per heavy atom. The van der Waals surface area contributed by atoms with Gasteiger partial charge < -0.3 is 5.73 Å². The summed E-state index contributed by atoms with van der Waals surface area (Å²) >= 11 is 0. The van der Waals surface area contributed by atoms with Crippen LogP contribution < -0.4 is 5.73 Å². The van der Waals surface area contributed by atoms with Crippen LogP contribution in [0.5, 0.6) is 0 Å². The summed E-state index contributed by atoms with van der Waals surface area (Å²) in [6.45, 7) is -0.0620. The van der Waals surface area contributed by atoms with E-state index < -0.39 is 12.0 Å². The minimum atomic E-state index is -2.83. The van der Waals surface area contributed by atoms with Crippen molar-refractivity contribution in [1.82, 2.24) is 4.98 Å². The molecule has 0 amide bonds. The molecule has 1 aromatic heterocycles. The fourth-order valence-corrected chi connectivity index (χ4v) is 1.12. The molecule has 6 heteroatoms. The number of aldehydes is 1. The highest BCUT2D eigenvalue weighted by molar-refractivity contribution is 5.80. The number of nitrogens with two attached hydrogens (primary N) is 1. The van der Waals surface area contributed by atoms with Gasteiger partial charge in [-0.25, -0.2) is 13.8 Å². The smallest absolute Gasteiger partial charge is 0.264 e. The second-order valence-electron chi connectivity index (χ2n) is 2.70. The molecule has 0 aliphatic heterocycles. The second kappa shape index (κ2) is 4.57. The molecule has 2 N–H and O–H groups in total. The SMILES string of the molecule is N#Cc1nc(CN)cc(C(F)F)c1C=O. The van der Waals surface area contributed by atoms with E-state index in [4.69, 9.17) is 11.0 Å². The maximum absolute atomic E-state index is 12.5. The second-order valence-corrected chi connectivity index (χ2v) is 2.70. The summed E-state index contributed by atoms with van der Waals surface area (Å²) < 4.78 is 25.0. The first-order valence-corrected chi connectivity index (χ1v) is 4.01. The summed E-state index contributed by atoms with van der Waals surface area (Å²) in [5.41, 5.74) is 4.20. The number of carbonyl (C=O) groups is 1. The van der Waals surface area contributed by atoms with E-state index in [2.05, 4.69) is 4.98 Å². The average Bonchev–Trinajstić information content (AvgIpc) is 2.26. The molecule has 0 aromatic carbocycles. The van der Waals surface area contributed by atoms with Crippen molar-refractivity contribution in [3.63, 3.8) is 0 Å². The molecule has 0 bridgehead atoms. The molecule has 0 saturated heterocycles. The Labute approximate surface area is 84.3 Å². The van der Waals surface area contributed by atoms with Crippen LogP contribution in [0.25, 0.3) is 0 Å². The van der Waals surface area contributed by atoms with Gasteiger partial charge in [0.1, 0.15) is 6.07 Å². The highest BCUT2D eigenvalue weighted by Gasteiger charge is 2.18. The van der Waals surface area contributed by atoms with Gasteiger partial charge in [-0.3, -0.25) is 4.79 Å². The Kier molecular flexibility index (Phi) is 3.42. The molecule has 0 aliphatic carbocycles. The molecule has 0 spiro atoms. The molecular weight excluding hydrogens is 204 g/mol. The Balaban J connectivity index is 3.47. The van der Waals surface area contributed by atoms with Crippen LogP contribution in [0, 0.1) is 11.3 Å². The minimum absolute atomic E-state index is 0.0620. The maximum Gasteiger partial charge on any atom is 0.264 e. The van der Waals surface area contributed by atoms with Gasteiger partial charge in [-0.1, -0.05) is 0 Å². The predicted octanol–water partition coefficient (Wildman–Crippen LogP) is 1.16. The van der Waals surface area contributed by atoms with Crippen LogP contribution in [-0.4, -0.2) is 11.3 Å². The predicted molar refractivity (Wildman–Crippen MR) is 47.2 cm³/mol. The van der Waals surface area contributed by atoms with Crippen molar-refractivity contribution < 1.29 is 13.6 Å². The Morgan fingerprint density at radius 1 is 1.67 bits per heavy atom. The third-order valence-electron chi connectivity index (χ3n) is 1.81. The monoisotopic (exact) mass is 211 g/mol. The Morgan fingerprint density at radius 3 is 2.73 bits per heavy atom. The van der Waals surface area contributed by atoms with E-state index in [1.54, 1.807) is 6.07 Å². The van der Waals surface area contributed by atoms with E-state index in [-0.39, 0.29) is 29.8 Å². The lowest BCUT2D eigenvalue weighted by atomic mass is 10.1. The number of hydrogen-bond donors (Lipinski definition) is 1. The molecule has 1 heterocycles. The first-order valence-electron chi connectivity index (χ1n) is 4.01. The normalized spacial score (nSPS) is 10.1. The van der Waals surface area contributed by atoms with Crippen molar-refractivity contribution in [3.05, 3.63) is 28.6 Å². The summed E-state index contributed by atoms with van der Waals surface area (Å²) in [6, 6.07) is 2.62. The fourth-order valence-electron chi connectivity index (χ4n) is 1.12. The summed E-state index contributed by atoms with van der Waals surface area (Å²) in [5, 5.41) is 8.62. The number of pyridine rings is 1. The highest BCUT2D eigenvalue weighted by Crippen LogP contribution is 2.24. The van der Waals surface area contributed by atoms with Crippen LogP contribution in [0.4, 0.5) is 8.78 Å². The first-order chi connectivity index (χ1) is 7.13. The van der Waals surface area contributed by atoms with Gasteiger partial charge in [0.25, 0.3) is 6.43 Å². The van der Waals surface area contributed by atoms with E-state index in [1.165, 1.54) is 0 Å². The number of carbonyl (C=O) groups excluding carboxylic acids is 1. The number of halogens is 2. The lowest BCUT2D eigenvalue weighted by molar-refractivity contribution is 0.110. The van der Waals surface area contributed by atoms with Crippen LogP contribution in [-0.2, 0) is 6.54 Å². The Hall–Kier alpha value is -1.87. The lowest BCUT2D eigenvalue weighted by Crippen LogP contribution is -2.07. The lowest BCUT2D eigenvalue weighted by Gasteiger charge is -2.06. The van der Waals surface area contributed by atoms with Crippen LogP contribution in [0.3, 0.4) is 0 Å². The number of nitrogens with zero attached hydrogens (tertiary/aromatic N) is 2. The molecular formula is C9H7F2N3O. The molecule has 0 radical (unpaired) electrons. The molecule has 0 saturated carbocycles. The van der Waals surface area contributed by atoms with Gasteiger partial charge in [0.05, 0.1) is 11.3 Å². The van der Waals surface area contributed by atoms with Gasteiger partial charge in [0, 0.05) is 12.1 Å². The van der Waals surface area contributed by atoms with Crippen molar-refractivity contribution in [2.24, 2.45) is 5.73 Å². The van der Waals surface area contributed by atoms with Gasteiger partial charge in [0.15, 0.2) is 12.0 Å². The van der Waals surface area contributed by atoms with E-state index >= 15 is 0 Å².